The molecule has 0 aliphatic rings. The number of methoxy groups -OCH3 is 2. The number of hydrogen-bond acceptors (Lipinski definition) is 5. The molecule has 2 N–H and O–H groups in total. The van der Waals surface area contributed by atoms with Crippen molar-refractivity contribution in [2.75, 3.05) is 20.0 Å². The van der Waals surface area contributed by atoms with Crippen molar-refractivity contribution in [3.8, 4) is 22.8 Å². The van der Waals surface area contributed by atoms with Crippen LogP contribution in [0, 0.1) is 5.82 Å². The summed E-state index contributed by atoms with van der Waals surface area (Å²) in [5.74, 6) is 0.366. The van der Waals surface area contributed by atoms with E-state index in [-0.39, 0.29) is 22.9 Å². The van der Waals surface area contributed by atoms with Gasteiger partial charge in [-0.05, 0) is 6.07 Å². The first-order valence-electron chi connectivity index (χ1n) is 4.79. The first kappa shape index (κ1) is 11.3. The molecule has 0 aliphatic heterocycles. The highest BCUT2D eigenvalue weighted by Crippen LogP contribution is 2.34. The summed E-state index contributed by atoms with van der Waals surface area (Å²) in [6, 6.07) is 4.35. The second-order valence-corrected chi connectivity index (χ2v) is 3.31. The van der Waals surface area contributed by atoms with Crippen LogP contribution in [-0.2, 0) is 0 Å². The van der Waals surface area contributed by atoms with Gasteiger partial charge in [0.05, 0.1) is 19.8 Å². The molecular formula is C11H11FN2O3. The Morgan fingerprint density at radius 3 is 2.53 bits per heavy atom. The third-order valence-electron chi connectivity index (χ3n) is 2.26. The van der Waals surface area contributed by atoms with E-state index < -0.39 is 5.82 Å². The van der Waals surface area contributed by atoms with E-state index >= 15 is 0 Å². The minimum Gasteiger partial charge on any atom is -0.497 e. The number of nitrogens with two attached hydrogens (primary N) is 1. The van der Waals surface area contributed by atoms with E-state index in [0.717, 1.165) is 0 Å². The zero-order chi connectivity index (χ0) is 12.4. The molecule has 0 atom stereocenters. The number of nitrogens with zero attached hydrogens (tertiary/aromatic N) is 1. The molecule has 1 heterocycles. The number of ether oxygens (including phenoxy) is 2. The Labute approximate surface area is 96.9 Å². The highest BCUT2D eigenvalue weighted by atomic mass is 19.1. The number of benzene rings is 1. The molecular weight excluding hydrogens is 227 g/mol. The number of anilines is 1. The van der Waals surface area contributed by atoms with Crippen LogP contribution in [0.5, 0.6) is 11.5 Å². The summed E-state index contributed by atoms with van der Waals surface area (Å²) in [5.41, 5.74) is 5.60. The average Bonchev–Trinajstić information content (AvgIpc) is 2.76. The largest absolute Gasteiger partial charge is 0.497 e. The molecule has 90 valence electrons. The number of nitrogen functional groups attached to an aromatic ring is 1. The molecule has 1 aromatic heterocycles. The van der Waals surface area contributed by atoms with Crippen molar-refractivity contribution in [2.45, 2.75) is 0 Å². The van der Waals surface area contributed by atoms with Gasteiger partial charge < -0.3 is 19.7 Å². The fourth-order valence-corrected chi connectivity index (χ4v) is 1.43. The van der Waals surface area contributed by atoms with Crippen LogP contribution in [0.25, 0.3) is 11.3 Å². The van der Waals surface area contributed by atoms with Crippen molar-refractivity contribution >= 4 is 5.82 Å². The molecule has 0 radical (unpaired) electrons. The van der Waals surface area contributed by atoms with E-state index in [1.54, 1.807) is 0 Å². The number of rotatable bonds is 3. The standard InChI is InChI=1S/C11H11FN2O3/c1-15-6-3-7(8-5-10(13)14-17-8)11(12)9(4-6)16-2/h3-5H,1-2H3,(H2,13,14). The first-order chi connectivity index (χ1) is 8.15. The fourth-order valence-electron chi connectivity index (χ4n) is 1.43. The van der Waals surface area contributed by atoms with Crippen LogP contribution in [0.1, 0.15) is 0 Å². The topological polar surface area (TPSA) is 70.5 Å². The summed E-state index contributed by atoms with van der Waals surface area (Å²) in [6.45, 7) is 0. The Morgan fingerprint density at radius 2 is 2.00 bits per heavy atom. The molecule has 0 unspecified atom stereocenters. The normalized spacial score (nSPS) is 10.3. The van der Waals surface area contributed by atoms with E-state index in [2.05, 4.69) is 5.16 Å². The van der Waals surface area contributed by atoms with Crippen LogP contribution < -0.4 is 15.2 Å². The van der Waals surface area contributed by atoms with Crippen molar-refractivity contribution < 1.29 is 18.4 Å². The van der Waals surface area contributed by atoms with E-state index in [1.165, 1.54) is 32.4 Å². The van der Waals surface area contributed by atoms with Gasteiger partial charge in [0, 0.05) is 12.1 Å². The maximum Gasteiger partial charge on any atom is 0.176 e. The van der Waals surface area contributed by atoms with Crippen LogP contribution in [0.2, 0.25) is 0 Å². The van der Waals surface area contributed by atoms with Gasteiger partial charge in [0.25, 0.3) is 0 Å². The van der Waals surface area contributed by atoms with Gasteiger partial charge in [0.15, 0.2) is 23.1 Å². The zero-order valence-electron chi connectivity index (χ0n) is 9.36. The predicted octanol–water partition coefficient (Wildman–Crippen LogP) is 2.08. The third kappa shape index (κ3) is 2.01. The van der Waals surface area contributed by atoms with Crippen molar-refractivity contribution in [1.82, 2.24) is 5.16 Å². The van der Waals surface area contributed by atoms with Gasteiger partial charge in [0.2, 0.25) is 0 Å². The second kappa shape index (κ2) is 4.32. The molecule has 17 heavy (non-hydrogen) atoms. The molecule has 0 amide bonds. The smallest absolute Gasteiger partial charge is 0.176 e. The summed E-state index contributed by atoms with van der Waals surface area (Å²) in [4.78, 5) is 0. The van der Waals surface area contributed by atoms with E-state index in [1.807, 2.05) is 0 Å². The summed E-state index contributed by atoms with van der Waals surface area (Å²) < 4.78 is 28.8. The van der Waals surface area contributed by atoms with E-state index in [9.17, 15) is 4.39 Å². The quantitative estimate of drug-likeness (QED) is 0.886. The molecule has 5 nitrogen and oxygen atoms in total. The molecule has 0 bridgehead atoms. The lowest BCUT2D eigenvalue weighted by molar-refractivity contribution is 0.372. The maximum atomic E-state index is 14.0. The number of hydrogen-bond donors (Lipinski definition) is 1. The lowest BCUT2D eigenvalue weighted by atomic mass is 10.1. The van der Waals surface area contributed by atoms with Crippen molar-refractivity contribution in [1.29, 1.82) is 0 Å². The van der Waals surface area contributed by atoms with Gasteiger partial charge in [-0.25, -0.2) is 4.39 Å². The van der Waals surface area contributed by atoms with Gasteiger partial charge in [-0.1, -0.05) is 5.16 Å². The third-order valence-corrected chi connectivity index (χ3v) is 2.26. The van der Waals surface area contributed by atoms with Crippen molar-refractivity contribution in [3.05, 3.63) is 24.0 Å². The summed E-state index contributed by atoms with van der Waals surface area (Å²) >= 11 is 0. The Balaban J connectivity index is 2.59. The SMILES string of the molecule is COc1cc(OC)c(F)c(-c2cc(N)no2)c1. The van der Waals surface area contributed by atoms with Crippen LogP contribution in [0.15, 0.2) is 22.7 Å². The highest BCUT2D eigenvalue weighted by Gasteiger charge is 2.17. The van der Waals surface area contributed by atoms with E-state index in [4.69, 9.17) is 19.7 Å². The summed E-state index contributed by atoms with van der Waals surface area (Å²) in [6.07, 6.45) is 0. The lowest BCUT2D eigenvalue weighted by Gasteiger charge is -2.08. The van der Waals surface area contributed by atoms with Crippen LogP contribution >= 0.6 is 0 Å². The monoisotopic (exact) mass is 238 g/mol. The molecule has 0 saturated carbocycles. The first-order valence-corrected chi connectivity index (χ1v) is 4.79. The Hall–Kier alpha value is -2.24. The zero-order valence-corrected chi connectivity index (χ0v) is 9.36. The van der Waals surface area contributed by atoms with Crippen LogP contribution in [-0.4, -0.2) is 19.4 Å². The molecule has 0 aliphatic carbocycles. The molecule has 2 rings (SSSR count). The van der Waals surface area contributed by atoms with Gasteiger partial charge >= 0.3 is 0 Å². The van der Waals surface area contributed by atoms with Crippen LogP contribution in [0.3, 0.4) is 0 Å². The van der Waals surface area contributed by atoms with Gasteiger partial charge in [-0.2, -0.15) is 0 Å². The molecule has 2 aromatic rings. The maximum absolute atomic E-state index is 14.0. The number of aromatic nitrogens is 1. The van der Waals surface area contributed by atoms with Gasteiger partial charge in [-0.15, -0.1) is 0 Å². The Morgan fingerprint density at radius 1 is 1.24 bits per heavy atom. The van der Waals surface area contributed by atoms with Crippen LogP contribution in [0.4, 0.5) is 10.2 Å². The lowest BCUT2D eigenvalue weighted by Crippen LogP contribution is -1.93. The van der Waals surface area contributed by atoms with Crippen molar-refractivity contribution in [2.24, 2.45) is 0 Å². The minimum absolute atomic E-state index is 0.0642. The van der Waals surface area contributed by atoms with Gasteiger partial charge in [-0.3, -0.25) is 0 Å². The summed E-state index contributed by atoms with van der Waals surface area (Å²) in [5, 5.41) is 3.50. The fraction of sp³-hybridized carbons (Fsp3) is 0.182. The van der Waals surface area contributed by atoms with E-state index in [0.29, 0.717) is 5.75 Å². The Kier molecular flexibility index (Phi) is 2.86. The second-order valence-electron chi connectivity index (χ2n) is 3.31. The molecule has 0 fully saturated rings. The summed E-state index contributed by atoms with van der Waals surface area (Å²) in [7, 11) is 2.85. The number of halogens is 1. The highest BCUT2D eigenvalue weighted by molar-refractivity contribution is 5.65. The molecule has 6 heteroatoms. The van der Waals surface area contributed by atoms with Gasteiger partial charge in [0.1, 0.15) is 5.75 Å². The molecule has 1 aromatic carbocycles. The van der Waals surface area contributed by atoms with Crippen molar-refractivity contribution in [3.63, 3.8) is 0 Å². The predicted molar refractivity (Wildman–Crippen MR) is 59.4 cm³/mol. The molecule has 0 saturated heterocycles. The minimum atomic E-state index is -0.551. The Bertz CT molecular complexity index is 540. The molecule has 0 spiro atoms. The average molecular weight is 238 g/mol.